The Labute approximate surface area is 177 Å². The summed E-state index contributed by atoms with van der Waals surface area (Å²) in [6.45, 7) is 3.38. The molecule has 0 radical (unpaired) electrons. The fraction of sp³-hybridized carbons (Fsp3) is 0.130. The number of rotatable bonds is 5. The number of nitrogens with one attached hydrogen (secondary N) is 1. The molecule has 7 nitrogen and oxygen atoms in total. The summed E-state index contributed by atoms with van der Waals surface area (Å²) >= 11 is 0. The van der Waals surface area contributed by atoms with Crippen molar-refractivity contribution in [3.8, 4) is 11.3 Å². The molecule has 8 heteroatoms. The van der Waals surface area contributed by atoms with E-state index in [2.05, 4.69) is 10.4 Å². The molecule has 0 aliphatic carbocycles. The number of carbonyl (C=O) groups excluding carboxylic acids is 1. The van der Waals surface area contributed by atoms with Crippen LogP contribution in [-0.4, -0.2) is 15.6 Å². The lowest BCUT2D eigenvalue weighted by atomic mass is 10.0. The molecule has 2 aromatic carbocycles. The van der Waals surface area contributed by atoms with E-state index in [-0.39, 0.29) is 29.3 Å². The minimum atomic E-state index is -0.471. The van der Waals surface area contributed by atoms with Gasteiger partial charge in [0, 0.05) is 24.2 Å². The van der Waals surface area contributed by atoms with Crippen molar-refractivity contribution in [1.29, 1.82) is 0 Å². The Kier molecular flexibility index (Phi) is 5.21. The zero-order chi connectivity index (χ0) is 22.1. The van der Waals surface area contributed by atoms with Crippen LogP contribution in [-0.2, 0) is 6.54 Å². The summed E-state index contributed by atoms with van der Waals surface area (Å²) in [6.07, 6.45) is 1.39. The maximum Gasteiger partial charge on any atom is 0.291 e. The molecule has 4 rings (SSSR count). The smallest absolute Gasteiger partial charge is 0.291 e. The summed E-state index contributed by atoms with van der Waals surface area (Å²) < 4.78 is 15.4. The van der Waals surface area contributed by atoms with Gasteiger partial charge in [-0.25, -0.2) is 9.07 Å². The van der Waals surface area contributed by atoms with Crippen LogP contribution >= 0.6 is 0 Å². The average Bonchev–Trinajstić information content (AvgIpc) is 2.76. The highest BCUT2D eigenvalue weighted by Gasteiger charge is 2.23. The Morgan fingerprint density at radius 3 is 2.58 bits per heavy atom. The number of halogens is 1. The lowest BCUT2D eigenvalue weighted by Gasteiger charge is -2.17. The molecule has 0 unspecified atom stereocenters. The van der Waals surface area contributed by atoms with Crippen LogP contribution in [0.3, 0.4) is 0 Å². The van der Waals surface area contributed by atoms with E-state index < -0.39 is 11.4 Å². The minimum absolute atomic E-state index is 0.0532. The predicted octanol–water partition coefficient (Wildman–Crippen LogP) is 3.80. The maximum absolute atomic E-state index is 13.4. The van der Waals surface area contributed by atoms with Crippen molar-refractivity contribution in [2.45, 2.75) is 20.4 Å². The van der Waals surface area contributed by atoms with E-state index in [4.69, 9.17) is 0 Å². The number of benzene rings is 2. The monoisotopic (exact) mass is 418 g/mol. The van der Waals surface area contributed by atoms with Crippen LogP contribution in [0.5, 0.6) is 0 Å². The molecule has 0 aliphatic rings. The quantitative estimate of drug-likeness (QED) is 0.302. The summed E-state index contributed by atoms with van der Waals surface area (Å²) in [5.41, 5.74) is 1.38. The third-order valence-electron chi connectivity index (χ3n) is 4.99. The first-order chi connectivity index (χ1) is 14.9. The fourth-order valence-electron chi connectivity index (χ4n) is 3.52. The number of nitrogens with zero attached hydrogens (tertiary/aromatic N) is 3. The van der Waals surface area contributed by atoms with Gasteiger partial charge in [-0.15, -0.1) is 0 Å². The van der Waals surface area contributed by atoms with E-state index in [0.29, 0.717) is 22.2 Å². The maximum atomic E-state index is 13.4. The fourth-order valence-corrected chi connectivity index (χ4v) is 3.52. The van der Waals surface area contributed by atoms with E-state index in [9.17, 15) is 19.2 Å². The van der Waals surface area contributed by atoms with Crippen molar-refractivity contribution in [1.82, 2.24) is 9.78 Å². The van der Waals surface area contributed by atoms with Crippen molar-refractivity contribution < 1.29 is 13.9 Å². The van der Waals surface area contributed by atoms with Crippen molar-refractivity contribution >= 4 is 28.1 Å². The Hall–Kier alpha value is -4.07. The predicted molar refractivity (Wildman–Crippen MR) is 116 cm³/mol. The molecule has 2 heterocycles. The normalized spacial score (nSPS) is 10.9. The molecule has 0 atom stereocenters. The summed E-state index contributed by atoms with van der Waals surface area (Å²) in [5.74, 6) is -0.786. The molecule has 0 saturated heterocycles. The number of pyridine rings is 1. The zero-order valence-corrected chi connectivity index (χ0v) is 16.9. The molecular formula is C23H19FN4O3. The molecule has 1 N–H and O–H groups in total. The van der Waals surface area contributed by atoms with Gasteiger partial charge in [-0.1, -0.05) is 6.07 Å². The van der Waals surface area contributed by atoms with Gasteiger partial charge in [0.25, 0.3) is 5.56 Å². The molecule has 0 amide bonds. The van der Waals surface area contributed by atoms with Gasteiger partial charge in [0.15, 0.2) is 12.0 Å². The highest BCUT2D eigenvalue weighted by Crippen LogP contribution is 2.30. The van der Waals surface area contributed by atoms with E-state index in [0.717, 1.165) is 4.73 Å². The van der Waals surface area contributed by atoms with Crippen LogP contribution in [0.15, 0.2) is 65.6 Å². The van der Waals surface area contributed by atoms with E-state index in [1.807, 2.05) is 0 Å². The number of aromatic nitrogens is 3. The molecule has 0 aliphatic heterocycles. The summed E-state index contributed by atoms with van der Waals surface area (Å²) in [7, 11) is 0. The molecule has 4 aromatic rings. The third kappa shape index (κ3) is 3.63. The highest BCUT2D eigenvalue weighted by atomic mass is 19.1. The van der Waals surface area contributed by atoms with Crippen molar-refractivity contribution in [2.24, 2.45) is 0 Å². The second-order valence-corrected chi connectivity index (χ2v) is 6.98. The number of aryl methyl sites for hydroxylation is 1. The van der Waals surface area contributed by atoms with E-state index in [1.165, 1.54) is 42.1 Å². The molecule has 2 aromatic heterocycles. The van der Waals surface area contributed by atoms with Crippen molar-refractivity contribution in [3.63, 3.8) is 0 Å². The van der Waals surface area contributed by atoms with Gasteiger partial charge in [0.2, 0.25) is 5.52 Å². The van der Waals surface area contributed by atoms with Crippen molar-refractivity contribution in [2.75, 3.05) is 5.32 Å². The first-order valence-electron chi connectivity index (χ1n) is 9.70. The minimum Gasteiger partial charge on any atom is -0.618 e. The van der Waals surface area contributed by atoms with Crippen LogP contribution < -0.4 is 15.6 Å². The van der Waals surface area contributed by atoms with Gasteiger partial charge in [0.1, 0.15) is 17.2 Å². The summed E-state index contributed by atoms with van der Waals surface area (Å²) in [6, 6.07) is 14.0. The standard InChI is InChI=1S/C23H19FN4O3/c1-3-27-23(30)22(25-18-7-4-8-19-17(18)6-5-13-28(19)31)20(14(2)29)21(26-27)15-9-11-16(24)12-10-15/h4-13,25H,3H2,1-2H3. The Morgan fingerprint density at radius 1 is 1.16 bits per heavy atom. The lowest BCUT2D eigenvalue weighted by Crippen LogP contribution is -2.28. The number of ketones is 1. The van der Waals surface area contributed by atoms with Crippen LogP contribution in [0.2, 0.25) is 0 Å². The largest absolute Gasteiger partial charge is 0.618 e. The molecule has 0 bridgehead atoms. The molecule has 0 fully saturated rings. The number of hydrogen-bond acceptors (Lipinski definition) is 5. The first-order valence-corrected chi connectivity index (χ1v) is 9.70. The van der Waals surface area contributed by atoms with Gasteiger partial charge in [-0.2, -0.15) is 9.83 Å². The SMILES string of the molecule is CCn1nc(-c2ccc(F)cc2)c(C(C)=O)c(Nc2cccc3c2ccc[n+]3[O-])c1=O. The number of anilines is 2. The second-order valence-electron chi connectivity index (χ2n) is 6.98. The Bertz CT molecular complexity index is 1360. The van der Waals surface area contributed by atoms with Crippen LogP contribution in [0.25, 0.3) is 22.2 Å². The highest BCUT2D eigenvalue weighted by molar-refractivity contribution is 6.06. The van der Waals surface area contributed by atoms with Crippen LogP contribution in [0.4, 0.5) is 15.8 Å². The Balaban J connectivity index is 1.99. The van der Waals surface area contributed by atoms with Crippen LogP contribution in [0.1, 0.15) is 24.2 Å². The van der Waals surface area contributed by atoms with Gasteiger partial charge < -0.3 is 10.5 Å². The first kappa shape index (κ1) is 20.2. The number of Topliss-reactive ketones (excluding diaryl/α,β-unsaturated/α-hetero) is 1. The van der Waals surface area contributed by atoms with E-state index >= 15 is 0 Å². The zero-order valence-electron chi connectivity index (χ0n) is 16.9. The Morgan fingerprint density at radius 2 is 1.90 bits per heavy atom. The average molecular weight is 418 g/mol. The molecule has 156 valence electrons. The molecule has 31 heavy (non-hydrogen) atoms. The molecule has 0 saturated carbocycles. The van der Waals surface area contributed by atoms with Gasteiger partial charge in [0.05, 0.1) is 16.6 Å². The van der Waals surface area contributed by atoms with Gasteiger partial charge in [-0.05, 0) is 50.2 Å². The number of fused-ring (bicyclic) bond motifs is 1. The summed E-state index contributed by atoms with van der Waals surface area (Å²) in [5, 5.41) is 20.1. The topological polar surface area (TPSA) is 90.9 Å². The third-order valence-corrected chi connectivity index (χ3v) is 4.99. The summed E-state index contributed by atoms with van der Waals surface area (Å²) in [4.78, 5) is 25.8. The second kappa shape index (κ2) is 7.98. The lowest BCUT2D eigenvalue weighted by molar-refractivity contribution is -0.577. The van der Waals surface area contributed by atoms with E-state index in [1.54, 1.807) is 37.3 Å². The number of carbonyl (C=O) groups is 1. The molecule has 0 spiro atoms. The van der Waals surface area contributed by atoms with Crippen LogP contribution in [0, 0.1) is 11.0 Å². The van der Waals surface area contributed by atoms with Gasteiger partial charge >= 0.3 is 0 Å². The van der Waals surface area contributed by atoms with Gasteiger partial charge in [-0.3, -0.25) is 9.59 Å². The number of hydrogen-bond donors (Lipinski definition) is 1. The molecular weight excluding hydrogens is 399 g/mol. The van der Waals surface area contributed by atoms with Crippen molar-refractivity contribution in [3.05, 3.63) is 87.7 Å².